The third-order valence-corrected chi connectivity index (χ3v) is 3.58. The Morgan fingerprint density at radius 3 is 2.78 bits per heavy atom. The largest absolute Gasteiger partial charge is 0.381 e. The lowest BCUT2D eigenvalue weighted by atomic mass is 10.2. The van der Waals surface area contributed by atoms with Crippen LogP contribution in [-0.2, 0) is 0 Å². The molecular weight excluding hydrogens is 238 g/mol. The smallest absolute Gasteiger partial charge is 0.168 e. The van der Waals surface area contributed by atoms with Gasteiger partial charge in [-0.05, 0) is 19.3 Å². The molecule has 1 aromatic heterocycles. The van der Waals surface area contributed by atoms with Gasteiger partial charge in [-0.1, -0.05) is 0 Å². The first kappa shape index (κ1) is 11.6. The highest BCUT2D eigenvalue weighted by molar-refractivity contribution is 5.45. The van der Waals surface area contributed by atoms with Crippen LogP contribution in [0.2, 0.25) is 0 Å². The van der Waals surface area contributed by atoms with Crippen molar-refractivity contribution in [3.8, 4) is 0 Å². The molecule has 1 aliphatic heterocycles. The van der Waals surface area contributed by atoms with Gasteiger partial charge in [0.25, 0.3) is 0 Å². The predicted octanol–water partition coefficient (Wildman–Crippen LogP) is 1.59. The van der Waals surface area contributed by atoms with Crippen molar-refractivity contribution in [2.24, 2.45) is 0 Å². The average molecular weight is 254 g/mol. The van der Waals surface area contributed by atoms with Crippen molar-refractivity contribution in [1.29, 1.82) is 0 Å². The van der Waals surface area contributed by atoms with Crippen LogP contribution in [0.15, 0.2) is 6.07 Å². The minimum Gasteiger partial charge on any atom is -0.381 e. The Kier molecular flexibility index (Phi) is 2.81. The van der Waals surface area contributed by atoms with Crippen LogP contribution in [0, 0.1) is 11.6 Å². The molecule has 3 N–H and O–H groups in total. The minimum atomic E-state index is -0.816. The number of nitrogens with one attached hydrogen (secondary N) is 1. The Morgan fingerprint density at radius 1 is 1.28 bits per heavy atom. The van der Waals surface area contributed by atoms with Gasteiger partial charge >= 0.3 is 0 Å². The van der Waals surface area contributed by atoms with Crippen molar-refractivity contribution in [2.75, 3.05) is 24.1 Å². The quantitative estimate of drug-likeness (QED) is 0.860. The number of likely N-dealkylation sites (tertiary alicyclic amines) is 1. The Labute approximate surface area is 104 Å². The van der Waals surface area contributed by atoms with Gasteiger partial charge in [-0.2, -0.15) is 0 Å². The van der Waals surface area contributed by atoms with Crippen molar-refractivity contribution in [3.63, 3.8) is 0 Å². The summed E-state index contributed by atoms with van der Waals surface area (Å²) in [5, 5.41) is 3.02. The van der Waals surface area contributed by atoms with Gasteiger partial charge in [-0.25, -0.2) is 13.8 Å². The lowest BCUT2D eigenvalue weighted by Crippen LogP contribution is -2.28. The zero-order valence-corrected chi connectivity index (χ0v) is 10.00. The molecule has 3 rings (SSSR count). The fourth-order valence-electron chi connectivity index (χ4n) is 2.45. The molecule has 98 valence electrons. The van der Waals surface area contributed by atoms with Crippen molar-refractivity contribution in [1.82, 2.24) is 9.88 Å². The summed E-state index contributed by atoms with van der Waals surface area (Å²) in [6.07, 6.45) is 3.49. The van der Waals surface area contributed by atoms with Crippen LogP contribution in [0.25, 0.3) is 0 Å². The molecule has 0 amide bonds. The molecule has 2 heterocycles. The Bertz CT molecular complexity index is 462. The van der Waals surface area contributed by atoms with Crippen LogP contribution in [-0.4, -0.2) is 35.1 Å². The summed E-state index contributed by atoms with van der Waals surface area (Å²) in [7, 11) is 0. The number of aromatic nitrogens is 1. The van der Waals surface area contributed by atoms with Crippen molar-refractivity contribution >= 4 is 11.6 Å². The average Bonchev–Trinajstić information content (AvgIpc) is 3.07. The van der Waals surface area contributed by atoms with E-state index in [-0.39, 0.29) is 17.7 Å². The molecule has 0 spiro atoms. The maximum Gasteiger partial charge on any atom is 0.168 e. The second-order valence-electron chi connectivity index (χ2n) is 5.04. The maximum atomic E-state index is 13.5. The summed E-state index contributed by atoms with van der Waals surface area (Å²) in [5.41, 5.74) is 5.35. The standard InChI is InChI=1S/C12H16F2N4/c13-9-5-10(14)12(17-11(9)15)16-7-3-4-18(6-7)8-1-2-8/h5,7-8H,1-4,6H2,(H3,15,16,17). The van der Waals surface area contributed by atoms with E-state index in [1.807, 2.05) is 0 Å². The third-order valence-electron chi connectivity index (χ3n) is 3.58. The molecule has 0 aromatic carbocycles. The van der Waals surface area contributed by atoms with E-state index in [1.54, 1.807) is 0 Å². The van der Waals surface area contributed by atoms with Gasteiger partial charge < -0.3 is 11.1 Å². The highest BCUT2D eigenvalue weighted by Gasteiger charge is 2.34. The number of hydrogen-bond donors (Lipinski definition) is 2. The van der Waals surface area contributed by atoms with Crippen molar-refractivity contribution in [2.45, 2.75) is 31.3 Å². The molecule has 1 saturated heterocycles. The van der Waals surface area contributed by atoms with Gasteiger partial charge in [0.2, 0.25) is 0 Å². The zero-order chi connectivity index (χ0) is 12.7. The normalized spacial score (nSPS) is 24.4. The van der Waals surface area contributed by atoms with E-state index >= 15 is 0 Å². The van der Waals surface area contributed by atoms with Gasteiger partial charge in [-0.15, -0.1) is 0 Å². The Hall–Kier alpha value is -1.43. The first-order valence-electron chi connectivity index (χ1n) is 6.25. The maximum absolute atomic E-state index is 13.5. The highest BCUT2D eigenvalue weighted by atomic mass is 19.1. The molecule has 6 heteroatoms. The van der Waals surface area contributed by atoms with Crippen molar-refractivity contribution < 1.29 is 8.78 Å². The van der Waals surface area contributed by atoms with E-state index in [2.05, 4.69) is 15.2 Å². The number of rotatable bonds is 3. The molecule has 4 nitrogen and oxygen atoms in total. The number of nitrogens with zero attached hydrogens (tertiary/aromatic N) is 2. The van der Waals surface area contributed by atoms with E-state index in [0.717, 1.165) is 25.6 Å². The second kappa shape index (κ2) is 4.35. The number of hydrogen-bond acceptors (Lipinski definition) is 4. The van der Waals surface area contributed by atoms with Crippen molar-refractivity contribution in [3.05, 3.63) is 17.7 Å². The lowest BCUT2D eigenvalue weighted by molar-refractivity contribution is 0.326. The molecule has 1 unspecified atom stereocenters. The molecule has 1 aliphatic carbocycles. The van der Waals surface area contributed by atoms with Crippen LogP contribution in [0.1, 0.15) is 19.3 Å². The minimum absolute atomic E-state index is 0.0524. The van der Waals surface area contributed by atoms with Gasteiger partial charge in [-0.3, -0.25) is 4.90 Å². The Balaban J connectivity index is 1.67. The molecule has 2 aliphatic rings. The van der Waals surface area contributed by atoms with Crippen LogP contribution >= 0.6 is 0 Å². The number of halogens is 2. The molecular formula is C12H16F2N4. The Morgan fingerprint density at radius 2 is 2.06 bits per heavy atom. The third kappa shape index (κ3) is 2.25. The topological polar surface area (TPSA) is 54.2 Å². The summed E-state index contributed by atoms with van der Waals surface area (Å²) in [6.45, 7) is 1.92. The van der Waals surface area contributed by atoms with E-state index in [9.17, 15) is 8.78 Å². The molecule has 1 aromatic rings. The van der Waals surface area contributed by atoms with Crippen LogP contribution in [0.4, 0.5) is 20.4 Å². The number of nitrogens with two attached hydrogens (primary N) is 1. The molecule has 0 radical (unpaired) electrons. The van der Waals surface area contributed by atoms with E-state index < -0.39 is 11.6 Å². The van der Waals surface area contributed by atoms with Crippen LogP contribution in [0.5, 0.6) is 0 Å². The van der Waals surface area contributed by atoms with Gasteiger partial charge in [0, 0.05) is 31.2 Å². The molecule has 1 atom stereocenters. The van der Waals surface area contributed by atoms with Gasteiger partial charge in [0.05, 0.1) is 0 Å². The van der Waals surface area contributed by atoms with Crippen LogP contribution < -0.4 is 11.1 Å². The summed E-state index contributed by atoms with van der Waals surface area (Å²) in [5.74, 6) is -1.72. The molecule has 18 heavy (non-hydrogen) atoms. The monoisotopic (exact) mass is 254 g/mol. The molecule has 2 fully saturated rings. The SMILES string of the molecule is Nc1nc(NC2CCN(C3CC3)C2)c(F)cc1F. The molecule has 0 bridgehead atoms. The fraction of sp³-hybridized carbons (Fsp3) is 0.583. The predicted molar refractivity (Wildman–Crippen MR) is 65.2 cm³/mol. The van der Waals surface area contributed by atoms with E-state index in [4.69, 9.17) is 5.73 Å². The highest BCUT2D eigenvalue weighted by Crippen LogP contribution is 2.30. The van der Waals surface area contributed by atoms with Gasteiger partial charge in [0.1, 0.15) is 0 Å². The van der Waals surface area contributed by atoms with E-state index in [0.29, 0.717) is 6.04 Å². The van der Waals surface area contributed by atoms with Gasteiger partial charge in [0.15, 0.2) is 23.3 Å². The first-order chi connectivity index (χ1) is 8.63. The summed E-state index contributed by atoms with van der Waals surface area (Å²) in [6, 6.07) is 1.66. The number of nitrogen functional groups attached to an aromatic ring is 1. The van der Waals surface area contributed by atoms with Crippen LogP contribution in [0.3, 0.4) is 0 Å². The number of pyridine rings is 1. The lowest BCUT2D eigenvalue weighted by Gasteiger charge is -2.16. The molecule has 1 saturated carbocycles. The summed E-state index contributed by atoms with van der Waals surface area (Å²) < 4.78 is 26.5. The second-order valence-corrected chi connectivity index (χ2v) is 5.04. The number of anilines is 2. The summed E-state index contributed by atoms with van der Waals surface area (Å²) in [4.78, 5) is 6.12. The first-order valence-corrected chi connectivity index (χ1v) is 6.25. The fourth-order valence-corrected chi connectivity index (χ4v) is 2.45. The zero-order valence-electron chi connectivity index (χ0n) is 10.00. The summed E-state index contributed by atoms with van der Waals surface area (Å²) >= 11 is 0. The van der Waals surface area contributed by atoms with E-state index in [1.165, 1.54) is 12.8 Å².